The molecule has 0 spiro atoms. The van der Waals surface area contributed by atoms with Crippen molar-refractivity contribution in [2.75, 3.05) is 13.2 Å². The number of benzene rings is 1. The number of para-hydroxylation sites is 1. The Labute approximate surface area is 118 Å². The molecular formula is C16H19NO3. The van der Waals surface area contributed by atoms with Gasteiger partial charge in [0, 0.05) is 23.7 Å². The van der Waals surface area contributed by atoms with Crippen LogP contribution in [-0.4, -0.2) is 30.3 Å². The molecular weight excluding hydrogens is 254 g/mol. The van der Waals surface area contributed by atoms with Gasteiger partial charge in [0.15, 0.2) is 0 Å². The van der Waals surface area contributed by atoms with Gasteiger partial charge in [0.05, 0.1) is 12.5 Å². The summed E-state index contributed by atoms with van der Waals surface area (Å²) in [5.74, 6) is -0.191. The van der Waals surface area contributed by atoms with Crippen molar-refractivity contribution in [1.29, 1.82) is 0 Å². The first-order valence-electron chi connectivity index (χ1n) is 7.15. The number of nitrogens with one attached hydrogen (secondary N) is 1. The van der Waals surface area contributed by atoms with Gasteiger partial charge >= 0.3 is 5.97 Å². The Kier molecular flexibility index (Phi) is 4.02. The first kappa shape index (κ1) is 13.2. The number of H-pyrrole nitrogens is 1. The van der Waals surface area contributed by atoms with Gasteiger partial charge in [-0.2, -0.15) is 0 Å². The van der Waals surface area contributed by atoms with Crippen LogP contribution >= 0.6 is 0 Å². The summed E-state index contributed by atoms with van der Waals surface area (Å²) in [4.78, 5) is 15.1. The lowest BCUT2D eigenvalue weighted by atomic mass is 10.1. The summed E-state index contributed by atoms with van der Waals surface area (Å²) in [6.45, 7) is 1.16. The number of ether oxygens (including phenoxy) is 2. The molecule has 2 heterocycles. The fourth-order valence-corrected chi connectivity index (χ4v) is 2.61. The van der Waals surface area contributed by atoms with Gasteiger partial charge in [0.2, 0.25) is 0 Å². The van der Waals surface area contributed by atoms with E-state index in [1.807, 2.05) is 30.5 Å². The van der Waals surface area contributed by atoms with E-state index in [2.05, 4.69) is 4.98 Å². The zero-order valence-electron chi connectivity index (χ0n) is 11.4. The lowest BCUT2D eigenvalue weighted by Crippen LogP contribution is -2.26. The molecule has 1 unspecified atom stereocenters. The largest absolute Gasteiger partial charge is 0.463 e. The first-order chi connectivity index (χ1) is 9.83. The smallest absolute Gasteiger partial charge is 0.310 e. The average molecular weight is 273 g/mol. The lowest BCUT2D eigenvalue weighted by molar-refractivity contribution is -0.148. The third kappa shape index (κ3) is 3.02. The van der Waals surface area contributed by atoms with Gasteiger partial charge in [-0.1, -0.05) is 18.2 Å². The molecule has 1 atom stereocenters. The fourth-order valence-electron chi connectivity index (χ4n) is 2.61. The van der Waals surface area contributed by atoms with Crippen LogP contribution in [0.2, 0.25) is 0 Å². The van der Waals surface area contributed by atoms with Crippen LogP contribution in [0.25, 0.3) is 10.9 Å². The average Bonchev–Trinajstić information content (AvgIpc) is 2.90. The lowest BCUT2D eigenvalue weighted by Gasteiger charge is -2.22. The molecule has 20 heavy (non-hydrogen) atoms. The van der Waals surface area contributed by atoms with Crippen molar-refractivity contribution in [3.8, 4) is 0 Å². The molecule has 1 N–H and O–H groups in total. The van der Waals surface area contributed by atoms with Gasteiger partial charge in [-0.25, -0.2) is 0 Å². The zero-order chi connectivity index (χ0) is 13.8. The molecule has 4 nitrogen and oxygen atoms in total. The van der Waals surface area contributed by atoms with Crippen molar-refractivity contribution in [2.24, 2.45) is 0 Å². The normalized spacial score (nSPS) is 19.1. The number of aromatic amines is 1. The molecule has 0 aliphatic carbocycles. The highest BCUT2D eigenvalue weighted by Gasteiger charge is 2.16. The van der Waals surface area contributed by atoms with Crippen molar-refractivity contribution in [3.05, 3.63) is 36.0 Å². The Balaban J connectivity index is 1.55. The summed E-state index contributed by atoms with van der Waals surface area (Å²) in [6, 6.07) is 7.96. The maximum atomic E-state index is 11.9. The minimum Gasteiger partial charge on any atom is -0.463 e. The van der Waals surface area contributed by atoms with Crippen LogP contribution in [0.15, 0.2) is 30.5 Å². The highest BCUT2D eigenvalue weighted by atomic mass is 16.6. The fraction of sp³-hybridized carbons (Fsp3) is 0.438. The summed E-state index contributed by atoms with van der Waals surface area (Å²) in [6.07, 6.45) is 5.51. The number of carbonyl (C=O) groups is 1. The highest BCUT2D eigenvalue weighted by molar-refractivity contribution is 5.87. The molecule has 1 aliphatic heterocycles. The van der Waals surface area contributed by atoms with Crippen LogP contribution in [0.3, 0.4) is 0 Å². The maximum Gasteiger partial charge on any atom is 0.310 e. The monoisotopic (exact) mass is 273 g/mol. The number of rotatable bonds is 4. The summed E-state index contributed by atoms with van der Waals surface area (Å²) >= 11 is 0. The van der Waals surface area contributed by atoms with E-state index in [0.717, 1.165) is 42.3 Å². The van der Waals surface area contributed by atoms with E-state index in [-0.39, 0.29) is 12.1 Å². The third-order valence-corrected chi connectivity index (χ3v) is 3.71. The standard InChI is InChI=1S/C16H19NO3/c18-16(20-11-13-5-3-4-8-19-13)9-12-10-17-15-7-2-1-6-14(12)15/h1-2,6-7,10,13,17H,3-5,8-9,11H2. The number of esters is 1. The Hall–Kier alpha value is -1.81. The van der Waals surface area contributed by atoms with E-state index >= 15 is 0 Å². The SMILES string of the molecule is O=C(Cc1c[nH]c2ccccc12)OCC1CCCCO1. The van der Waals surface area contributed by atoms with Gasteiger partial charge in [-0.15, -0.1) is 0 Å². The van der Waals surface area contributed by atoms with Gasteiger partial charge in [-0.3, -0.25) is 4.79 Å². The second-order valence-electron chi connectivity index (χ2n) is 5.21. The maximum absolute atomic E-state index is 11.9. The summed E-state index contributed by atoms with van der Waals surface area (Å²) in [5.41, 5.74) is 2.03. The molecule has 0 bridgehead atoms. The molecule has 1 aliphatic rings. The number of fused-ring (bicyclic) bond motifs is 1. The number of hydrogen-bond donors (Lipinski definition) is 1. The second kappa shape index (κ2) is 6.09. The molecule has 4 heteroatoms. The van der Waals surface area contributed by atoms with Gasteiger partial charge in [0.1, 0.15) is 6.61 Å². The minimum absolute atomic E-state index is 0.0793. The van der Waals surface area contributed by atoms with Gasteiger partial charge < -0.3 is 14.5 Å². The van der Waals surface area contributed by atoms with Crippen molar-refractivity contribution in [3.63, 3.8) is 0 Å². The zero-order valence-corrected chi connectivity index (χ0v) is 11.4. The molecule has 1 fully saturated rings. The highest BCUT2D eigenvalue weighted by Crippen LogP contribution is 2.19. The van der Waals surface area contributed by atoms with Crippen LogP contribution in [0.5, 0.6) is 0 Å². The molecule has 1 saturated heterocycles. The Morgan fingerprint density at radius 3 is 3.10 bits per heavy atom. The van der Waals surface area contributed by atoms with Crippen molar-refractivity contribution < 1.29 is 14.3 Å². The number of hydrogen-bond acceptors (Lipinski definition) is 3. The van der Waals surface area contributed by atoms with E-state index in [0.29, 0.717) is 13.0 Å². The molecule has 3 rings (SSSR count). The van der Waals surface area contributed by atoms with Crippen LogP contribution in [-0.2, 0) is 20.7 Å². The van der Waals surface area contributed by atoms with Crippen LogP contribution < -0.4 is 0 Å². The van der Waals surface area contributed by atoms with E-state index in [9.17, 15) is 4.79 Å². The molecule has 2 aromatic rings. The van der Waals surface area contributed by atoms with Crippen LogP contribution in [0.1, 0.15) is 24.8 Å². The summed E-state index contributed by atoms with van der Waals surface area (Å²) < 4.78 is 10.9. The Morgan fingerprint density at radius 1 is 1.35 bits per heavy atom. The topological polar surface area (TPSA) is 51.3 Å². The summed E-state index contributed by atoms with van der Waals surface area (Å²) in [7, 11) is 0. The predicted octanol–water partition coefficient (Wildman–Crippen LogP) is 2.82. The Bertz CT molecular complexity index is 584. The minimum atomic E-state index is -0.191. The summed E-state index contributed by atoms with van der Waals surface area (Å²) in [5, 5.41) is 1.08. The van der Waals surface area contributed by atoms with Crippen molar-refractivity contribution in [1.82, 2.24) is 4.98 Å². The van der Waals surface area contributed by atoms with Crippen LogP contribution in [0.4, 0.5) is 0 Å². The molecule has 1 aromatic carbocycles. The second-order valence-corrected chi connectivity index (χ2v) is 5.21. The third-order valence-electron chi connectivity index (χ3n) is 3.71. The molecule has 0 radical (unpaired) electrons. The number of aromatic nitrogens is 1. The van der Waals surface area contributed by atoms with Crippen molar-refractivity contribution in [2.45, 2.75) is 31.8 Å². The Morgan fingerprint density at radius 2 is 2.25 bits per heavy atom. The van der Waals surface area contributed by atoms with Gasteiger partial charge in [0.25, 0.3) is 0 Å². The van der Waals surface area contributed by atoms with E-state index < -0.39 is 0 Å². The molecule has 1 aromatic heterocycles. The molecule has 0 amide bonds. The molecule has 106 valence electrons. The van der Waals surface area contributed by atoms with E-state index in [1.165, 1.54) is 0 Å². The van der Waals surface area contributed by atoms with Gasteiger partial charge in [-0.05, 0) is 30.9 Å². The molecule has 0 saturated carbocycles. The first-order valence-corrected chi connectivity index (χ1v) is 7.15. The van der Waals surface area contributed by atoms with E-state index in [1.54, 1.807) is 0 Å². The van der Waals surface area contributed by atoms with Crippen molar-refractivity contribution >= 4 is 16.9 Å². The number of carbonyl (C=O) groups excluding carboxylic acids is 1. The quantitative estimate of drug-likeness (QED) is 0.871. The predicted molar refractivity (Wildman–Crippen MR) is 76.6 cm³/mol. The van der Waals surface area contributed by atoms with Crippen LogP contribution in [0, 0.1) is 0 Å². The van der Waals surface area contributed by atoms with E-state index in [4.69, 9.17) is 9.47 Å².